The van der Waals surface area contributed by atoms with Crippen LogP contribution in [0.3, 0.4) is 0 Å². The molecule has 5 heteroatoms. The van der Waals surface area contributed by atoms with E-state index < -0.39 is 0 Å². The highest BCUT2D eigenvalue weighted by molar-refractivity contribution is 7.10. The molecule has 0 spiro atoms. The highest BCUT2D eigenvalue weighted by Crippen LogP contribution is 2.44. The topological polar surface area (TPSA) is 38.3 Å². The first-order valence-electron chi connectivity index (χ1n) is 9.19. The van der Waals surface area contributed by atoms with Crippen LogP contribution in [-0.2, 0) is 20.4 Å². The predicted octanol–water partition coefficient (Wildman–Crippen LogP) is 4.49. The normalized spacial score (nSPS) is 21.9. The highest BCUT2D eigenvalue weighted by Gasteiger charge is 2.45. The van der Waals surface area contributed by atoms with Crippen LogP contribution in [0.2, 0.25) is 0 Å². The first-order valence-corrected chi connectivity index (χ1v) is 11.0. The molecule has 0 atom stereocenters. The number of carbonyl (C=O) groups excluding carboxylic acids is 1. The fourth-order valence-electron chi connectivity index (χ4n) is 4.39. The largest absolute Gasteiger partial charge is 0.381 e. The first kappa shape index (κ1) is 17.3. The zero-order valence-electron chi connectivity index (χ0n) is 14.5. The van der Waals surface area contributed by atoms with Crippen LogP contribution < -0.4 is 5.32 Å². The van der Waals surface area contributed by atoms with Crippen molar-refractivity contribution in [3.05, 3.63) is 44.8 Å². The Balaban J connectivity index is 1.53. The molecule has 134 valence electrons. The van der Waals surface area contributed by atoms with Crippen LogP contribution in [0.5, 0.6) is 0 Å². The van der Waals surface area contributed by atoms with Crippen molar-refractivity contribution in [3.8, 4) is 0 Å². The molecular formula is C20H25NO2S2. The van der Waals surface area contributed by atoms with Gasteiger partial charge in [0.1, 0.15) is 0 Å². The van der Waals surface area contributed by atoms with E-state index in [0.29, 0.717) is 0 Å². The Morgan fingerprint density at radius 2 is 1.64 bits per heavy atom. The van der Waals surface area contributed by atoms with Crippen LogP contribution in [0.25, 0.3) is 0 Å². The average molecular weight is 376 g/mol. The highest BCUT2D eigenvalue weighted by atomic mass is 32.1. The molecule has 3 heterocycles. The van der Waals surface area contributed by atoms with E-state index in [1.807, 2.05) is 0 Å². The van der Waals surface area contributed by atoms with E-state index in [2.05, 4.69) is 40.3 Å². The number of thiophene rings is 2. The Morgan fingerprint density at radius 3 is 2.24 bits per heavy atom. The van der Waals surface area contributed by atoms with E-state index in [4.69, 9.17) is 4.74 Å². The van der Waals surface area contributed by atoms with E-state index in [1.165, 1.54) is 9.75 Å². The summed E-state index contributed by atoms with van der Waals surface area (Å²) in [5.74, 6) is 0.231. The molecule has 1 saturated carbocycles. The van der Waals surface area contributed by atoms with Gasteiger partial charge in [0.05, 0.1) is 5.41 Å². The molecule has 1 saturated heterocycles. The van der Waals surface area contributed by atoms with Gasteiger partial charge in [-0.2, -0.15) is 0 Å². The number of carbonyl (C=O) groups is 1. The minimum atomic E-state index is -0.296. The summed E-state index contributed by atoms with van der Waals surface area (Å²) in [5.41, 5.74) is -0.257. The van der Waals surface area contributed by atoms with Gasteiger partial charge in [0, 0.05) is 34.9 Å². The van der Waals surface area contributed by atoms with Crippen molar-refractivity contribution in [1.29, 1.82) is 0 Å². The Morgan fingerprint density at radius 1 is 1.00 bits per heavy atom. The molecule has 2 aliphatic rings. The standard InChI is InChI=1S/C20H25NO2S2/c22-18(20(7-1-2-8-20)17-6-4-14-25-17)21-15-19(9-11-23-12-10-19)16-5-3-13-24-16/h3-6,13-14H,1-2,7-12,15H2,(H,21,22). The van der Waals surface area contributed by atoms with Crippen molar-refractivity contribution >= 4 is 28.6 Å². The van der Waals surface area contributed by atoms with Gasteiger partial charge in [0.25, 0.3) is 0 Å². The monoisotopic (exact) mass is 375 g/mol. The molecule has 0 unspecified atom stereocenters. The van der Waals surface area contributed by atoms with E-state index in [-0.39, 0.29) is 16.7 Å². The second-order valence-corrected chi connectivity index (χ2v) is 9.21. The minimum absolute atomic E-state index is 0.0390. The maximum Gasteiger partial charge on any atom is 0.231 e. The summed E-state index contributed by atoms with van der Waals surface area (Å²) in [6, 6.07) is 8.54. The number of rotatable bonds is 5. The molecule has 3 nitrogen and oxygen atoms in total. The van der Waals surface area contributed by atoms with Gasteiger partial charge in [0.15, 0.2) is 0 Å². The third kappa shape index (κ3) is 3.18. The van der Waals surface area contributed by atoms with E-state index >= 15 is 0 Å². The number of hydrogen-bond acceptors (Lipinski definition) is 4. The third-order valence-corrected chi connectivity index (χ3v) is 8.16. The Labute approximate surface area is 157 Å². The van der Waals surface area contributed by atoms with Crippen molar-refractivity contribution in [1.82, 2.24) is 5.32 Å². The first-order chi connectivity index (χ1) is 12.3. The van der Waals surface area contributed by atoms with E-state index in [9.17, 15) is 4.79 Å². The van der Waals surface area contributed by atoms with Gasteiger partial charge < -0.3 is 10.1 Å². The van der Waals surface area contributed by atoms with Gasteiger partial charge in [0.2, 0.25) is 5.91 Å². The maximum absolute atomic E-state index is 13.3. The molecule has 1 amide bonds. The predicted molar refractivity (Wildman–Crippen MR) is 104 cm³/mol. The number of hydrogen-bond donors (Lipinski definition) is 1. The molecule has 2 aromatic heterocycles. The molecular weight excluding hydrogens is 350 g/mol. The molecule has 4 rings (SSSR count). The number of amides is 1. The van der Waals surface area contributed by atoms with Gasteiger partial charge >= 0.3 is 0 Å². The van der Waals surface area contributed by atoms with E-state index in [1.54, 1.807) is 22.7 Å². The Bertz CT molecular complexity index is 681. The lowest BCUT2D eigenvalue weighted by Crippen LogP contribution is -2.49. The molecule has 1 aliphatic carbocycles. The van der Waals surface area contributed by atoms with Gasteiger partial charge in [-0.3, -0.25) is 4.79 Å². The summed E-state index contributed by atoms with van der Waals surface area (Å²) in [5, 5.41) is 7.60. The number of ether oxygens (including phenoxy) is 1. The molecule has 0 aromatic carbocycles. The molecule has 2 fully saturated rings. The lowest BCUT2D eigenvalue weighted by molar-refractivity contribution is -0.127. The minimum Gasteiger partial charge on any atom is -0.381 e. The van der Waals surface area contributed by atoms with Gasteiger partial charge in [-0.25, -0.2) is 0 Å². The Kier molecular flexibility index (Phi) is 4.98. The van der Waals surface area contributed by atoms with Crippen LogP contribution in [-0.4, -0.2) is 25.7 Å². The lowest BCUT2D eigenvalue weighted by atomic mass is 9.77. The average Bonchev–Trinajstić information content (AvgIpc) is 3.42. The second kappa shape index (κ2) is 7.22. The fourth-order valence-corrected chi connectivity index (χ4v) is 6.36. The van der Waals surface area contributed by atoms with Crippen molar-refractivity contribution in [2.75, 3.05) is 19.8 Å². The second-order valence-electron chi connectivity index (χ2n) is 7.32. The zero-order valence-corrected chi connectivity index (χ0v) is 16.1. The molecule has 1 aliphatic heterocycles. The van der Waals surface area contributed by atoms with Crippen LogP contribution in [0.4, 0.5) is 0 Å². The zero-order chi connectivity index (χ0) is 17.2. The third-order valence-electron chi connectivity index (χ3n) is 5.97. The fraction of sp³-hybridized carbons (Fsp3) is 0.550. The van der Waals surface area contributed by atoms with Crippen molar-refractivity contribution in [2.45, 2.75) is 49.4 Å². The van der Waals surface area contributed by atoms with Crippen LogP contribution in [0.1, 0.15) is 48.3 Å². The van der Waals surface area contributed by atoms with Gasteiger partial charge in [-0.15, -0.1) is 22.7 Å². The van der Waals surface area contributed by atoms with Crippen LogP contribution >= 0.6 is 22.7 Å². The van der Waals surface area contributed by atoms with Gasteiger partial charge in [-0.1, -0.05) is 25.0 Å². The number of nitrogens with one attached hydrogen (secondary N) is 1. The van der Waals surface area contributed by atoms with Gasteiger partial charge in [-0.05, 0) is 48.6 Å². The van der Waals surface area contributed by atoms with Crippen molar-refractivity contribution in [3.63, 3.8) is 0 Å². The van der Waals surface area contributed by atoms with Crippen LogP contribution in [0.15, 0.2) is 35.0 Å². The molecule has 1 N–H and O–H groups in total. The Hall–Kier alpha value is -1.17. The molecule has 2 aromatic rings. The summed E-state index contributed by atoms with van der Waals surface area (Å²) in [6.45, 7) is 2.29. The van der Waals surface area contributed by atoms with Crippen molar-refractivity contribution in [2.24, 2.45) is 0 Å². The smallest absolute Gasteiger partial charge is 0.231 e. The summed E-state index contributed by atoms with van der Waals surface area (Å²) in [7, 11) is 0. The lowest BCUT2D eigenvalue weighted by Gasteiger charge is -2.38. The van der Waals surface area contributed by atoms with E-state index in [0.717, 1.165) is 58.3 Å². The summed E-state index contributed by atoms with van der Waals surface area (Å²) in [6.07, 6.45) is 6.23. The molecule has 0 radical (unpaired) electrons. The maximum atomic E-state index is 13.3. The summed E-state index contributed by atoms with van der Waals surface area (Å²) < 4.78 is 5.60. The molecule has 25 heavy (non-hydrogen) atoms. The summed E-state index contributed by atoms with van der Waals surface area (Å²) >= 11 is 3.53. The molecule has 0 bridgehead atoms. The summed E-state index contributed by atoms with van der Waals surface area (Å²) in [4.78, 5) is 15.9. The van der Waals surface area contributed by atoms with Crippen LogP contribution in [0, 0.1) is 0 Å². The SMILES string of the molecule is O=C(NCC1(c2cccs2)CCOCC1)C1(c2cccs2)CCCC1. The quantitative estimate of drug-likeness (QED) is 0.836. The van der Waals surface area contributed by atoms with Crippen molar-refractivity contribution < 1.29 is 9.53 Å².